The highest BCUT2D eigenvalue weighted by molar-refractivity contribution is 6.13. The van der Waals surface area contributed by atoms with Crippen LogP contribution in [0.2, 0.25) is 0 Å². The van der Waals surface area contributed by atoms with E-state index in [4.69, 9.17) is 0 Å². The van der Waals surface area contributed by atoms with E-state index in [2.05, 4.69) is 264 Å². The molecule has 12 rings (SSSR count). The number of aryl methyl sites for hydroxylation is 2. The van der Waals surface area contributed by atoms with Gasteiger partial charge in [-0.2, -0.15) is 0 Å². The fourth-order valence-corrected chi connectivity index (χ4v) is 9.88. The number of aromatic nitrogens is 2. The molecule has 2 aromatic heterocycles. The summed E-state index contributed by atoms with van der Waals surface area (Å²) in [4.78, 5) is 2.34. The van der Waals surface area contributed by atoms with Crippen LogP contribution in [0.15, 0.2) is 237 Å². The maximum Gasteiger partial charge on any atom is 0.0541 e. The lowest BCUT2D eigenvalue weighted by atomic mass is 9.98. The molecule has 0 N–H and O–H groups in total. The minimum atomic E-state index is 1.13. The maximum absolute atomic E-state index is 2.40. The second kappa shape index (κ2) is 15.7. The predicted molar refractivity (Wildman–Crippen MR) is 276 cm³/mol. The molecule has 12 aromatic rings. The van der Waals surface area contributed by atoms with Gasteiger partial charge in [-0.3, -0.25) is 0 Å². The van der Waals surface area contributed by atoms with Gasteiger partial charge in [0.15, 0.2) is 0 Å². The topological polar surface area (TPSA) is 13.1 Å². The van der Waals surface area contributed by atoms with Crippen LogP contribution in [-0.2, 0) is 0 Å². The molecule has 0 aliphatic rings. The number of fused-ring (bicyclic) bond motifs is 6. The molecule has 0 unspecified atom stereocenters. The molecule has 0 radical (unpaired) electrons. The average Bonchev–Trinajstić information content (AvgIpc) is 3.87. The molecule has 0 saturated heterocycles. The summed E-state index contributed by atoms with van der Waals surface area (Å²) in [5.74, 6) is 0. The first-order valence-corrected chi connectivity index (χ1v) is 22.4. The number of hydrogen-bond acceptors (Lipinski definition) is 1. The Morgan fingerprint density at radius 2 is 0.631 bits per heavy atom. The summed E-state index contributed by atoms with van der Waals surface area (Å²) in [6.45, 7) is 4.30. The summed E-state index contributed by atoms with van der Waals surface area (Å²) in [5.41, 5.74) is 20.2. The monoisotopic (exact) mass is 831 g/mol. The zero-order valence-electron chi connectivity index (χ0n) is 36.4. The first kappa shape index (κ1) is 38.3. The molecule has 65 heavy (non-hydrogen) atoms. The van der Waals surface area contributed by atoms with Crippen LogP contribution < -0.4 is 4.90 Å². The highest BCUT2D eigenvalue weighted by atomic mass is 15.1. The highest BCUT2D eigenvalue weighted by Gasteiger charge is 2.18. The van der Waals surface area contributed by atoms with E-state index in [-0.39, 0.29) is 0 Å². The molecule has 0 aliphatic carbocycles. The van der Waals surface area contributed by atoms with Crippen LogP contribution in [0.3, 0.4) is 0 Å². The Morgan fingerprint density at radius 3 is 1.11 bits per heavy atom. The molecule has 3 heteroatoms. The number of hydrogen-bond donors (Lipinski definition) is 0. The minimum Gasteiger partial charge on any atom is -0.310 e. The van der Waals surface area contributed by atoms with Gasteiger partial charge in [-0.25, -0.2) is 0 Å². The molecule has 0 atom stereocenters. The van der Waals surface area contributed by atoms with Crippen molar-refractivity contribution in [2.24, 2.45) is 0 Å². The summed E-state index contributed by atoms with van der Waals surface area (Å²) in [6.07, 6.45) is 0. The van der Waals surface area contributed by atoms with Crippen molar-refractivity contribution in [2.45, 2.75) is 13.8 Å². The van der Waals surface area contributed by atoms with E-state index in [0.717, 1.165) is 22.7 Å². The van der Waals surface area contributed by atoms with Gasteiger partial charge < -0.3 is 14.0 Å². The third-order valence-electron chi connectivity index (χ3n) is 13.0. The van der Waals surface area contributed by atoms with Crippen molar-refractivity contribution in [3.05, 3.63) is 248 Å². The Bertz CT molecular complexity index is 3660. The number of rotatable bonds is 8. The molecule has 0 saturated carbocycles. The first-order chi connectivity index (χ1) is 32.0. The minimum absolute atomic E-state index is 1.13. The van der Waals surface area contributed by atoms with E-state index >= 15 is 0 Å². The molecule has 0 aliphatic heterocycles. The Labute approximate surface area is 379 Å². The van der Waals surface area contributed by atoms with Gasteiger partial charge in [-0.1, -0.05) is 133 Å². The van der Waals surface area contributed by atoms with Gasteiger partial charge in [-0.15, -0.1) is 0 Å². The smallest absolute Gasteiger partial charge is 0.0541 e. The molecular weight excluding hydrogens is 787 g/mol. The van der Waals surface area contributed by atoms with Crippen LogP contribution >= 0.6 is 0 Å². The fourth-order valence-electron chi connectivity index (χ4n) is 9.88. The number of para-hydroxylation sites is 3. The lowest BCUT2D eigenvalue weighted by Crippen LogP contribution is -2.10. The Morgan fingerprint density at radius 1 is 0.262 bits per heavy atom. The first-order valence-electron chi connectivity index (χ1n) is 22.4. The molecule has 308 valence electrons. The van der Waals surface area contributed by atoms with Crippen LogP contribution in [0.25, 0.3) is 88.4 Å². The van der Waals surface area contributed by atoms with E-state index in [1.807, 2.05) is 0 Å². The average molecular weight is 832 g/mol. The number of anilines is 3. The summed E-state index contributed by atoms with van der Waals surface area (Å²) in [5, 5.41) is 4.97. The quantitative estimate of drug-likeness (QED) is 0.149. The van der Waals surface area contributed by atoms with Crippen molar-refractivity contribution in [1.29, 1.82) is 0 Å². The second-order valence-electron chi connectivity index (χ2n) is 17.2. The summed E-state index contributed by atoms with van der Waals surface area (Å²) in [7, 11) is 0. The fraction of sp³-hybridized carbons (Fsp3) is 0.0323. The SMILES string of the molecule is Cc1cccc(N(c2ccc(-c3ccc(-c4ccc5c(c4)c4cc(-c6ccc7c(c6)c6ccccc6n7-c6ccccc6)ccc4n5-c4ccccc4)cc3)cc2)c2cccc(C)c2)c1. The maximum atomic E-state index is 2.40. The van der Waals surface area contributed by atoms with E-state index in [9.17, 15) is 0 Å². The van der Waals surface area contributed by atoms with Gasteiger partial charge >= 0.3 is 0 Å². The number of benzene rings is 10. The van der Waals surface area contributed by atoms with Gasteiger partial charge in [-0.05, 0) is 161 Å². The number of nitrogens with zero attached hydrogens (tertiary/aromatic N) is 3. The highest BCUT2D eigenvalue weighted by Crippen LogP contribution is 2.41. The zero-order chi connectivity index (χ0) is 43.4. The van der Waals surface area contributed by atoms with Crippen LogP contribution in [0.1, 0.15) is 11.1 Å². The molecule has 0 bridgehead atoms. The predicted octanol–water partition coefficient (Wildman–Crippen LogP) is 17.0. The third kappa shape index (κ3) is 6.77. The van der Waals surface area contributed by atoms with Crippen LogP contribution in [0.4, 0.5) is 17.1 Å². The van der Waals surface area contributed by atoms with Crippen molar-refractivity contribution in [1.82, 2.24) is 9.13 Å². The van der Waals surface area contributed by atoms with E-state index in [0.29, 0.717) is 0 Å². The van der Waals surface area contributed by atoms with E-state index in [1.54, 1.807) is 0 Å². The van der Waals surface area contributed by atoms with Gasteiger partial charge in [0.25, 0.3) is 0 Å². The van der Waals surface area contributed by atoms with Crippen molar-refractivity contribution in [2.75, 3.05) is 4.90 Å². The summed E-state index contributed by atoms with van der Waals surface area (Å²) in [6, 6.07) is 86.4. The zero-order valence-corrected chi connectivity index (χ0v) is 36.4. The summed E-state index contributed by atoms with van der Waals surface area (Å²) < 4.78 is 4.78. The normalized spacial score (nSPS) is 11.5. The lowest BCUT2D eigenvalue weighted by molar-refractivity contribution is 1.18. The van der Waals surface area contributed by atoms with Crippen molar-refractivity contribution >= 4 is 60.7 Å². The van der Waals surface area contributed by atoms with E-state index in [1.165, 1.54) is 93.8 Å². The second-order valence-corrected chi connectivity index (χ2v) is 17.2. The lowest BCUT2D eigenvalue weighted by Gasteiger charge is -2.26. The Hall–Kier alpha value is -8.40. The van der Waals surface area contributed by atoms with Crippen LogP contribution in [0, 0.1) is 13.8 Å². The molecular formula is C62H45N3. The van der Waals surface area contributed by atoms with E-state index < -0.39 is 0 Å². The molecule has 0 spiro atoms. The van der Waals surface area contributed by atoms with Crippen LogP contribution in [0.5, 0.6) is 0 Å². The molecule has 2 heterocycles. The Kier molecular flexibility index (Phi) is 9.28. The van der Waals surface area contributed by atoms with Gasteiger partial charge in [0, 0.05) is 50.0 Å². The molecule has 10 aromatic carbocycles. The Balaban J connectivity index is 0.916. The van der Waals surface area contributed by atoms with Gasteiger partial charge in [0.2, 0.25) is 0 Å². The third-order valence-corrected chi connectivity index (χ3v) is 13.0. The van der Waals surface area contributed by atoms with Gasteiger partial charge in [0.05, 0.1) is 22.1 Å². The van der Waals surface area contributed by atoms with Crippen molar-refractivity contribution in [3.63, 3.8) is 0 Å². The largest absolute Gasteiger partial charge is 0.310 e. The van der Waals surface area contributed by atoms with Crippen LogP contribution in [-0.4, -0.2) is 9.13 Å². The molecule has 0 fully saturated rings. The molecule has 0 amide bonds. The molecule has 3 nitrogen and oxygen atoms in total. The van der Waals surface area contributed by atoms with Crippen molar-refractivity contribution in [3.8, 4) is 44.8 Å². The van der Waals surface area contributed by atoms with Crippen molar-refractivity contribution < 1.29 is 0 Å². The summed E-state index contributed by atoms with van der Waals surface area (Å²) >= 11 is 0. The standard InChI is InChI=1S/C62H45N3/c1-42-13-11-19-53(37-42)63(54-20-12-14-43(2)38-54)52-32-27-45(28-33-52)44-23-25-46(26-24-44)47-29-34-61-57(39-47)58-41-49(31-36-62(58)65(61)51-17-7-4-8-18-51)48-30-35-60-56(40-48)55-21-9-10-22-59(55)64(60)50-15-5-3-6-16-50/h3-41H,1-2H3. The van der Waals surface area contributed by atoms with Gasteiger partial charge in [0.1, 0.15) is 0 Å².